The van der Waals surface area contributed by atoms with Crippen LogP contribution in [0, 0.1) is 5.92 Å². The smallest absolute Gasteiger partial charge is 0.256 e. The highest BCUT2D eigenvalue weighted by Crippen LogP contribution is 2.38. The predicted octanol–water partition coefficient (Wildman–Crippen LogP) is 4.30. The van der Waals surface area contributed by atoms with Gasteiger partial charge in [0.1, 0.15) is 23.1 Å². The minimum absolute atomic E-state index is 0.0167. The molecular weight excluding hydrogens is 565 g/mol. The number of amides is 1. The van der Waals surface area contributed by atoms with Crippen molar-refractivity contribution in [1.82, 2.24) is 29.0 Å². The third kappa shape index (κ3) is 4.88. The Bertz CT molecular complexity index is 1900. The Balaban J connectivity index is 1.33. The summed E-state index contributed by atoms with van der Waals surface area (Å²) in [7, 11) is 4.94. The monoisotopic (exact) mass is 599 g/mol. The van der Waals surface area contributed by atoms with Crippen LogP contribution in [-0.4, -0.2) is 79.5 Å². The molecule has 3 N–H and O–H groups in total. The number of ether oxygens (including phenoxy) is 2. The van der Waals surface area contributed by atoms with E-state index in [2.05, 4.69) is 15.6 Å². The lowest BCUT2D eigenvalue weighted by Crippen LogP contribution is -2.50. The van der Waals surface area contributed by atoms with Gasteiger partial charge in [-0.15, -0.1) is 0 Å². The first-order valence-corrected chi connectivity index (χ1v) is 14.7. The highest BCUT2D eigenvalue weighted by atomic mass is 19.1. The summed E-state index contributed by atoms with van der Waals surface area (Å²) in [6.07, 6.45) is 3.03. The lowest BCUT2D eigenvalue weighted by Gasteiger charge is -2.33. The maximum absolute atomic E-state index is 14.3. The third-order valence-corrected chi connectivity index (χ3v) is 8.55. The first-order chi connectivity index (χ1) is 21.2. The Morgan fingerprint density at radius 3 is 2.64 bits per heavy atom. The Hall–Kier alpha value is -4.71. The van der Waals surface area contributed by atoms with Crippen LogP contribution in [0.3, 0.4) is 0 Å². The van der Waals surface area contributed by atoms with Gasteiger partial charge in [-0.1, -0.05) is 0 Å². The van der Waals surface area contributed by atoms with Gasteiger partial charge in [-0.2, -0.15) is 0 Å². The van der Waals surface area contributed by atoms with E-state index in [-0.39, 0.29) is 30.5 Å². The number of piperidine rings is 1. The van der Waals surface area contributed by atoms with Crippen molar-refractivity contribution in [3.05, 3.63) is 48.2 Å². The largest absolute Gasteiger partial charge is 0.503 e. The molecule has 5 heterocycles. The van der Waals surface area contributed by atoms with Crippen LogP contribution in [-0.2, 0) is 13.6 Å². The van der Waals surface area contributed by atoms with Gasteiger partial charge in [-0.05, 0) is 61.6 Å². The molecule has 2 atom stereocenters. The summed E-state index contributed by atoms with van der Waals surface area (Å²) in [6, 6.07) is 10.6. The number of hydrogen-bond donors (Lipinski definition) is 2. The highest BCUT2D eigenvalue weighted by Gasteiger charge is 2.30. The van der Waals surface area contributed by atoms with Crippen molar-refractivity contribution in [3.8, 4) is 40.2 Å². The maximum Gasteiger partial charge on any atom is 0.256 e. The van der Waals surface area contributed by atoms with E-state index >= 15 is 0 Å². The van der Waals surface area contributed by atoms with E-state index in [1.54, 1.807) is 31.5 Å². The van der Waals surface area contributed by atoms with Crippen molar-refractivity contribution in [2.24, 2.45) is 18.7 Å². The number of rotatable bonds is 7. The summed E-state index contributed by atoms with van der Waals surface area (Å²) in [5, 5.41) is 11.3. The molecule has 228 valence electrons. The second-order valence-corrected chi connectivity index (χ2v) is 11.8. The average Bonchev–Trinajstić information content (AvgIpc) is 3.68. The Labute approximate surface area is 253 Å². The highest BCUT2D eigenvalue weighted by molar-refractivity contribution is 6.00. The van der Waals surface area contributed by atoms with Crippen LogP contribution >= 0.6 is 0 Å². The van der Waals surface area contributed by atoms with E-state index in [0.717, 1.165) is 41.6 Å². The molecule has 2 fully saturated rings. The molecule has 1 aliphatic carbocycles. The van der Waals surface area contributed by atoms with Crippen molar-refractivity contribution in [2.75, 3.05) is 27.3 Å². The quantitative estimate of drug-likeness (QED) is 0.283. The Kier molecular flexibility index (Phi) is 6.88. The number of methoxy groups -OCH3 is 2. The molecule has 2 aliphatic rings. The number of carbonyl (C=O) groups excluding carboxylic acids is 1. The normalized spacial score (nSPS) is 18.7. The number of carbonyl (C=O) groups is 1. The van der Waals surface area contributed by atoms with Gasteiger partial charge in [0, 0.05) is 48.9 Å². The van der Waals surface area contributed by atoms with E-state index in [4.69, 9.17) is 25.2 Å². The maximum atomic E-state index is 14.3. The number of likely N-dealkylation sites (tertiary alicyclic amines) is 1. The van der Waals surface area contributed by atoms with Crippen LogP contribution in [0.25, 0.3) is 44.8 Å². The minimum atomic E-state index is -1.15. The van der Waals surface area contributed by atoms with Crippen LogP contribution < -0.4 is 15.2 Å². The molecule has 7 rings (SSSR count). The Morgan fingerprint density at radius 2 is 1.93 bits per heavy atom. The number of aromatic nitrogens is 5. The number of hydrogen-bond acceptors (Lipinski definition) is 8. The zero-order chi connectivity index (χ0) is 30.7. The zero-order valence-electron chi connectivity index (χ0n) is 24.8. The predicted molar refractivity (Wildman–Crippen MR) is 164 cm³/mol. The first-order valence-electron chi connectivity index (χ1n) is 14.7. The molecule has 1 saturated heterocycles. The van der Waals surface area contributed by atoms with Gasteiger partial charge in [0.05, 0.1) is 37.7 Å². The number of alkyl halides is 1. The lowest BCUT2D eigenvalue weighted by atomic mass is 10.0. The number of pyridine rings is 2. The minimum Gasteiger partial charge on any atom is -0.503 e. The van der Waals surface area contributed by atoms with Gasteiger partial charge in [0.25, 0.3) is 11.8 Å². The number of nitrogens with two attached hydrogens (primary N) is 1. The molecule has 12 heteroatoms. The van der Waals surface area contributed by atoms with Gasteiger partial charge in [0.15, 0.2) is 11.6 Å². The molecule has 11 nitrogen and oxygen atoms in total. The molecule has 0 spiro atoms. The van der Waals surface area contributed by atoms with E-state index in [9.17, 15) is 14.3 Å². The number of benzene rings is 1. The summed E-state index contributed by atoms with van der Waals surface area (Å²) in [5.41, 5.74) is 10.8. The summed E-state index contributed by atoms with van der Waals surface area (Å²) in [5.74, 6) is 1.56. The summed E-state index contributed by atoms with van der Waals surface area (Å²) < 4.78 is 29.3. The molecule has 1 aliphatic heterocycles. The number of aryl methyl sites for hydroxylation is 1. The fourth-order valence-electron chi connectivity index (χ4n) is 6.20. The van der Waals surface area contributed by atoms with Crippen molar-refractivity contribution in [3.63, 3.8) is 0 Å². The molecule has 0 unspecified atom stereocenters. The molecule has 5 aromatic rings. The molecular formula is C32H34FN7O4. The van der Waals surface area contributed by atoms with Gasteiger partial charge in [-0.3, -0.25) is 4.79 Å². The van der Waals surface area contributed by atoms with Crippen molar-refractivity contribution < 1.29 is 23.8 Å². The van der Waals surface area contributed by atoms with Crippen molar-refractivity contribution in [1.29, 1.82) is 0 Å². The van der Waals surface area contributed by atoms with Crippen LogP contribution in [0.1, 0.15) is 29.6 Å². The fraction of sp³-hybridized carbons (Fsp3) is 0.375. The van der Waals surface area contributed by atoms with Gasteiger partial charge in [-0.25, -0.2) is 19.3 Å². The standard InChI is InChI=1S/C32H34FN7O4/c1-38-28-24(8-19(11-27(28)43-2)32(42)39-15-21(33)12-22(34)16-39)37-30(38)25-9-18-6-7-23(20-10-26(41)31(44-3)35-13-20)36-29(18)40(25)14-17-4-5-17/h6-11,13,17,21-22,41H,4-5,12,14-16,34H2,1-3H3/t21-,22-/m1/s1. The van der Waals surface area contributed by atoms with Crippen molar-refractivity contribution >= 4 is 28.0 Å². The number of halogens is 1. The molecule has 1 amide bonds. The van der Waals surface area contributed by atoms with E-state index in [0.29, 0.717) is 46.4 Å². The summed E-state index contributed by atoms with van der Waals surface area (Å²) >= 11 is 0. The second-order valence-electron chi connectivity index (χ2n) is 11.8. The number of aromatic hydroxyl groups is 1. The van der Waals surface area contributed by atoms with Crippen molar-refractivity contribution in [2.45, 2.75) is 38.0 Å². The molecule has 1 saturated carbocycles. The number of nitrogens with zero attached hydrogens (tertiary/aromatic N) is 6. The number of imidazole rings is 1. The van der Waals surface area contributed by atoms with E-state index in [1.165, 1.54) is 12.0 Å². The topological polar surface area (TPSA) is 134 Å². The number of fused-ring (bicyclic) bond motifs is 2. The Morgan fingerprint density at radius 1 is 1.11 bits per heavy atom. The van der Waals surface area contributed by atoms with Gasteiger partial charge < -0.3 is 34.3 Å². The fourth-order valence-corrected chi connectivity index (χ4v) is 6.20. The summed E-state index contributed by atoms with van der Waals surface area (Å²) in [6.45, 7) is 1.10. The molecule has 0 radical (unpaired) electrons. The third-order valence-electron chi connectivity index (χ3n) is 8.55. The SMILES string of the molecule is COc1ncc(-c2ccc3cc(-c4nc5cc(C(=O)N6C[C@H](N)C[C@@H](F)C6)cc(OC)c5n4C)n(CC4CC4)c3n2)cc1O. The molecule has 44 heavy (non-hydrogen) atoms. The lowest BCUT2D eigenvalue weighted by molar-refractivity contribution is 0.0606. The molecule has 4 aromatic heterocycles. The van der Waals surface area contributed by atoms with Crippen LogP contribution in [0.5, 0.6) is 17.4 Å². The first kappa shape index (κ1) is 28.1. The van der Waals surface area contributed by atoms with Crippen LogP contribution in [0.15, 0.2) is 42.6 Å². The molecule has 1 aromatic carbocycles. The van der Waals surface area contributed by atoms with Gasteiger partial charge in [0.2, 0.25) is 0 Å². The summed E-state index contributed by atoms with van der Waals surface area (Å²) in [4.78, 5) is 29.1. The van der Waals surface area contributed by atoms with Crippen LogP contribution in [0.4, 0.5) is 4.39 Å². The zero-order valence-corrected chi connectivity index (χ0v) is 24.8. The van der Waals surface area contributed by atoms with E-state index in [1.807, 2.05) is 23.7 Å². The van der Waals surface area contributed by atoms with E-state index < -0.39 is 12.2 Å². The molecule has 0 bridgehead atoms. The average molecular weight is 600 g/mol. The second kappa shape index (κ2) is 10.8. The van der Waals surface area contributed by atoms with Crippen LogP contribution in [0.2, 0.25) is 0 Å². The van der Waals surface area contributed by atoms with Gasteiger partial charge >= 0.3 is 0 Å².